The van der Waals surface area contributed by atoms with Crippen molar-refractivity contribution in [3.63, 3.8) is 0 Å². The quantitative estimate of drug-likeness (QED) is 0.133. The summed E-state index contributed by atoms with van der Waals surface area (Å²) in [5.74, 6) is 0.851. The average Bonchev–Trinajstić information content (AvgIpc) is 4.33. The van der Waals surface area contributed by atoms with Crippen LogP contribution in [-0.4, -0.2) is 0 Å². The van der Waals surface area contributed by atoms with Gasteiger partial charge in [0, 0.05) is 72.4 Å². The van der Waals surface area contributed by atoms with Crippen LogP contribution in [0.2, 0.25) is 0 Å². The molecule has 6 heterocycles. The van der Waals surface area contributed by atoms with E-state index in [0.29, 0.717) is 34.1 Å². The van der Waals surface area contributed by atoms with E-state index in [1.807, 2.05) is 36.4 Å². The molecule has 378 valence electrons. The SMILES string of the molecule is Cc1cc2c(oc3cc(C#N)ccc32)c(-c2c3ccc4c(oc5cccc(CC(C)CC[n+]6ccc7c(ccc8c9cc(CC(C)C)ccc9oc78)c6-c6c(C)c(C)cc7c6oc6cc(C#N)ccc67)c54)c3cc[n+]2C)c1C. The number of aromatic nitrogens is 2. The summed E-state index contributed by atoms with van der Waals surface area (Å²) in [6.45, 7) is 16.4. The third-order valence-corrected chi connectivity index (χ3v) is 16.9. The second-order valence-corrected chi connectivity index (χ2v) is 22.5. The Kier molecular flexibility index (Phi) is 10.7. The number of furan rings is 4. The van der Waals surface area contributed by atoms with Crippen LogP contribution in [0.25, 0.3) is 132 Å². The number of pyridine rings is 2. The highest BCUT2D eigenvalue weighted by Crippen LogP contribution is 2.46. The molecule has 0 spiro atoms. The first-order valence-corrected chi connectivity index (χ1v) is 27.1. The van der Waals surface area contributed by atoms with Gasteiger partial charge in [0.05, 0.1) is 45.2 Å². The summed E-state index contributed by atoms with van der Waals surface area (Å²) in [6.07, 6.45) is 7.15. The fraction of sp³-hybridized carbons (Fsp3) is 0.200. The lowest BCUT2D eigenvalue weighted by atomic mass is 9.92. The van der Waals surface area contributed by atoms with Crippen molar-refractivity contribution in [3.05, 3.63) is 178 Å². The van der Waals surface area contributed by atoms with E-state index in [-0.39, 0.29) is 0 Å². The molecular formula is C70H56N4O4+2. The van der Waals surface area contributed by atoms with Gasteiger partial charge in [-0.25, -0.2) is 4.57 Å². The highest BCUT2D eigenvalue weighted by atomic mass is 16.3. The predicted octanol–water partition coefficient (Wildman–Crippen LogP) is 17.5. The molecule has 0 saturated carbocycles. The van der Waals surface area contributed by atoms with E-state index in [0.717, 1.165) is 158 Å². The number of aryl methyl sites for hydroxylation is 4. The summed E-state index contributed by atoms with van der Waals surface area (Å²) >= 11 is 0. The maximum absolute atomic E-state index is 9.87. The molecule has 78 heavy (non-hydrogen) atoms. The standard InChI is InChI=1S/C70H56N4O4/c1-37(2)28-43-14-21-58-55(32-43)51-19-17-50-53(67(51)75-58)24-27-74(66(50)63-42(7)40(5)31-57-48-16-13-45(36-72)34-61(48)78-70(57)63)26-22-38(3)29-46-10-9-11-59-64(46)54-20-18-49-52(68(54)76-59)23-25-73(8)65(49)62-41(6)39(4)30-56-47-15-12-44(35-71)33-60(47)77-69(56)62/h9-21,23-25,27,30-34,37-38H,22,26,28-29H2,1-8H3/q+2. The normalized spacial score (nSPS) is 12.6. The third-order valence-electron chi connectivity index (χ3n) is 16.9. The van der Waals surface area contributed by atoms with Crippen LogP contribution in [0.4, 0.5) is 0 Å². The number of hydrogen-bond acceptors (Lipinski definition) is 6. The van der Waals surface area contributed by atoms with Crippen LogP contribution >= 0.6 is 0 Å². The van der Waals surface area contributed by atoms with Gasteiger partial charge in [0.25, 0.3) is 0 Å². The molecule has 0 fully saturated rings. The molecule has 8 heteroatoms. The highest BCUT2D eigenvalue weighted by Gasteiger charge is 2.30. The summed E-state index contributed by atoms with van der Waals surface area (Å²) in [5.41, 5.74) is 19.2. The summed E-state index contributed by atoms with van der Waals surface area (Å²) < 4.78 is 31.9. The number of nitrogens with zero attached hydrogens (tertiary/aromatic N) is 4. The van der Waals surface area contributed by atoms with Gasteiger partial charge in [-0.15, -0.1) is 0 Å². The number of nitriles is 2. The van der Waals surface area contributed by atoms with Gasteiger partial charge in [0.15, 0.2) is 12.4 Å². The van der Waals surface area contributed by atoms with Gasteiger partial charge < -0.3 is 17.7 Å². The Labute approximate surface area is 450 Å². The molecule has 6 aromatic heterocycles. The van der Waals surface area contributed by atoms with Gasteiger partial charge in [0.1, 0.15) is 58.3 Å². The number of fused-ring (bicyclic) bond motifs is 16. The first kappa shape index (κ1) is 47.2. The minimum absolute atomic E-state index is 0.301. The Balaban J connectivity index is 0.866. The number of rotatable bonds is 9. The fourth-order valence-corrected chi connectivity index (χ4v) is 12.8. The second-order valence-electron chi connectivity index (χ2n) is 22.5. The van der Waals surface area contributed by atoms with Gasteiger partial charge >= 0.3 is 0 Å². The predicted molar refractivity (Wildman–Crippen MR) is 314 cm³/mol. The van der Waals surface area contributed by atoms with Gasteiger partial charge in [0.2, 0.25) is 11.4 Å². The van der Waals surface area contributed by atoms with E-state index in [9.17, 15) is 10.5 Å². The van der Waals surface area contributed by atoms with Crippen molar-refractivity contribution in [2.24, 2.45) is 18.9 Å². The Morgan fingerprint density at radius 2 is 1.03 bits per heavy atom. The zero-order chi connectivity index (χ0) is 53.4. The van der Waals surface area contributed by atoms with Crippen molar-refractivity contribution in [2.75, 3.05) is 0 Å². The topological polar surface area (TPSA) is 108 Å². The molecule has 1 unspecified atom stereocenters. The van der Waals surface area contributed by atoms with E-state index >= 15 is 0 Å². The van der Waals surface area contributed by atoms with Crippen LogP contribution in [0.5, 0.6) is 0 Å². The van der Waals surface area contributed by atoms with Crippen molar-refractivity contribution in [1.29, 1.82) is 10.5 Å². The first-order valence-electron chi connectivity index (χ1n) is 27.1. The average molecular weight is 1020 g/mol. The molecule has 0 aliphatic rings. The molecule has 14 rings (SSSR count). The van der Waals surface area contributed by atoms with Gasteiger partial charge in [-0.05, 0) is 177 Å². The molecule has 14 aromatic rings. The van der Waals surface area contributed by atoms with Crippen LogP contribution in [0, 0.1) is 62.2 Å². The van der Waals surface area contributed by atoms with Crippen molar-refractivity contribution in [3.8, 4) is 34.7 Å². The van der Waals surface area contributed by atoms with E-state index in [2.05, 4.69) is 174 Å². The van der Waals surface area contributed by atoms with Gasteiger partial charge in [-0.3, -0.25) is 0 Å². The maximum atomic E-state index is 9.87. The molecule has 0 radical (unpaired) electrons. The van der Waals surface area contributed by atoms with Gasteiger partial charge in [-0.2, -0.15) is 15.1 Å². The van der Waals surface area contributed by atoms with Crippen molar-refractivity contribution >= 4 is 109 Å². The summed E-state index contributed by atoms with van der Waals surface area (Å²) in [6, 6.07) is 47.0. The minimum Gasteiger partial charge on any atom is -0.455 e. The first-order chi connectivity index (χ1) is 37.8. The zero-order valence-corrected chi connectivity index (χ0v) is 45.1. The van der Waals surface area contributed by atoms with E-state index < -0.39 is 0 Å². The number of hydrogen-bond donors (Lipinski definition) is 0. The zero-order valence-electron chi connectivity index (χ0n) is 45.1. The molecule has 0 bridgehead atoms. The Morgan fingerprint density at radius 3 is 1.68 bits per heavy atom. The van der Waals surface area contributed by atoms with Crippen LogP contribution < -0.4 is 9.13 Å². The molecule has 0 aliphatic carbocycles. The van der Waals surface area contributed by atoms with Crippen LogP contribution in [0.3, 0.4) is 0 Å². The van der Waals surface area contributed by atoms with Crippen molar-refractivity contribution in [2.45, 2.75) is 74.3 Å². The Morgan fingerprint density at radius 1 is 0.474 bits per heavy atom. The van der Waals surface area contributed by atoms with Crippen molar-refractivity contribution in [1.82, 2.24) is 0 Å². The van der Waals surface area contributed by atoms with Crippen LogP contribution in [-0.2, 0) is 26.4 Å². The smallest absolute Gasteiger partial charge is 0.224 e. The largest absolute Gasteiger partial charge is 0.455 e. The van der Waals surface area contributed by atoms with E-state index in [4.69, 9.17) is 17.7 Å². The lowest BCUT2D eigenvalue weighted by Crippen LogP contribution is -2.37. The molecule has 0 N–H and O–H groups in total. The molecule has 8 nitrogen and oxygen atoms in total. The lowest BCUT2D eigenvalue weighted by Gasteiger charge is -2.15. The summed E-state index contributed by atoms with van der Waals surface area (Å²) in [7, 11) is 2.09. The number of benzene rings is 8. The van der Waals surface area contributed by atoms with E-state index in [1.165, 1.54) is 22.3 Å². The minimum atomic E-state index is 0.301. The van der Waals surface area contributed by atoms with Crippen LogP contribution in [0.1, 0.15) is 71.7 Å². The van der Waals surface area contributed by atoms with Gasteiger partial charge in [-0.1, -0.05) is 39.0 Å². The molecular weight excluding hydrogens is 961 g/mol. The summed E-state index contributed by atoms with van der Waals surface area (Å²) in [5, 5.41) is 32.4. The molecule has 8 aromatic carbocycles. The summed E-state index contributed by atoms with van der Waals surface area (Å²) in [4.78, 5) is 0. The molecule has 0 saturated heterocycles. The molecule has 0 aliphatic heterocycles. The van der Waals surface area contributed by atoms with Crippen molar-refractivity contribution < 1.29 is 26.8 Å². The van der Waals surface area contributed by atoms with E-state index in [1.54, 1.807) is 0 Å². The Hall–Kier alpha value is -9.24. The maximum Gasteiger partial charge on any atom is 0.224 e. The highest BCUT2D eigenvalue weighted by molar-refractivity contribution is 6.21. The molecule has 1 atom stereocenters. The lowest BCUT2D eigenvalue weighted by molar-refractivity contribution is -0.686. The second kappa shape index (κ2) is 17.7. The Bertz CT molecular complexity index is 5010. The third kappa shape index (κ3) is 7.16. The molecule has 0 amide bonds. The fourth-order valence-electron chi connectivity index (χ4n) is 12.8. The monoisotopic (exact) mass is 1020 g/mol. The van der Waals surface area contributed by atoms with Crippen LogP contribution in [0.15, 0.2) is 151 Å².